The number of aliphatic hydroxyl groups excluding tert-OH is 2. The van der Waals surface area contributed by atoms with Gasteiger partial charge in [-0.05, 0) is 194 Å². The van der Waals surface area contributed by atoms with Gasteiger partial charge in [0.25, 0.3) is 0 Å². The summed E-state index contributed by atoms with van der Waals surface area (Å²) in [5.74, 6) is 1.41. The number of fused-ring (bicyclic) bond motifs is 4. The minimum Gasteiger partial charge on any atom is -0.490 e. The fourth-order valence-electron chi connectivity index (χ4n) is 12.5. The monoisotopic (exact) mass is 1120 g/mol. The molecule has 4 nitrogen and oxygen atoms in total. The van der Waals surface area contributed by atoms with Gasteiger partial charge in [0.2, 0.25) is 0 Å². The molecule has 0 radical (unpaired) electrons. The summed E-state index contributed by atoms with van der Waals surface area (Å²) in [6.45, 7) is 4.57. The molecule has 0 amide bonds. The molecule has 0 aliphatic rings. The molecule has 0 heterocycles. The zero-order valence-electron chi connectivity index (χ0n) is 48.8. The highest BCUT2D eigenvalue weighted by Gasteiger charge is 2.30. The first-order valence-electron chi connectivity index (χ1n) is 30.0. The predicted molar refractivity (Wildman–Crippen MR) is 364 cm³/mol. The van der Waals surface area contributed by atoms with Gasteiger partial charge in [0.15, 0.2) is 0 Å². The molecule has 4 heteroatoms. The Bertz CT molecular complexity index is 4240. The van der Waals surface area contributed by atoms with E-state index in [0.717, 1.165) is 121 Å². The van der Waals surface area contributed by atoms with E-state index < -0.39 is 5.41 Å². The van der Waals surface area contributed by atoms with Crippen LogP contribution in [-0.2, 0) is 5.41 Å². The van der Waals surface area contributed by atoms with Crippen molar-refractivity contribution in [3.63, 3.8) is 0 Å². The molecule has 87 heavy (non-hydrogen) atoms. The van der Waals surface area contributed by atoms with Crippen LogP contribution in [0, 0.1) is 0 Å². The van der Waals surface area contributed by atoms with Gasteiger partial charge in [0.1, 0.15) is 24.7 Å². The van der Waals surface area contributed by atoms with Crippen LogP contribution in [0.25, 0.3) is 132 Å². The van der Waals surface area contributed by atoms with E-state index in [1.54, 1.807) is 0 Å². The Kier molecular flexibility index (Phi) is 14.8. The maximum Gasteiger partial charge on any atom is 0.135 e. The lowest BCUT2D eigenvalue weighted by Gasteiger charge is -2.31. The van der Waals surface area contributed by atoms with E-state index in [1.165, 1.54) is 22.3 Å². The van der Waals surface area contributed by atoms with Crippen LogP contribution in [0.4, 0.5) is 0 Å². The normalized spacial score (nSPS) is 11.6. The lowest BCUT2D eigenvalue weighted by atomic mass is 9.74. The van der Waals surface area contributed by atoms with E-state index in [9.17, 15) is 10.2 Å². The molecule has 0 aromatic heterocycles. The van der Waals surface area contributed by atoms with Crippen LogP contribution in [0.2, 0.25) is 0 Å². The number of rotatable bonds is 16. The smallest absolute Gasteiger partial charge is 0.135 e. The molecule has 0 saturated heterocycles. The molecule has 0 aliphatic heterocycles. The SMILES string of the molecule is CC(C)(c1cc(-c2ccc3cc(-c4ccccc4)ccc3c2)c(OCCO)c(-c2ccc3cc(-c4ccccc4)ccc3c2)c1)c1cc(-c2ccc3cc(-c4ccccc4)ccc3c2)c(OCCO)c(-c2ccc3cc(-c4ccccc4)ccc3c2)c1. The van der Waals surface area contributed by atoms with Gasteiger partial charge in [-0.25, -0.2) is 0 Å². The number of ether oxygens (including phenoxy) is 2. The van der Waals surface area contributed by atoms with Crippen LogP contribution in [0.5, 0.6) is 11.5 Å². The molecule has 2 N–H and O–H groups in total. The molecule has 0 saturated carbocycles. The van der Waals surface area contributed by atoms with Gasteiger partial charge in [-0.2, -0.15) is 0 Å². The van der Waals surface area contributed by atoms with Gasteiger partial charge < -0.3 is 19.7 Å². The summed E-state index contributed by atoms with van der Waals surface area (Å²) in [7, 11) is 0. The number of hydrogen-bond donors (Lipinski definition) is 2. The van der Waals surface area contributed by atoms with Gasteiger partial charge in [-0.3, -0.25) is 0 Å². The molecule has 14 aromatic rings. The minimum atomic E-state index is -0.663. The molecule has 0 unspecified atom stereocenters. The van der Waals surface area contributed by atoms with Crippen molar-refractivity contribution in [2.24, 2.45) is 0 Å². The largest absolute Gasteiger partial charge is 0.490 e. The molecule has 14 rings (SSSR count). The van der Waals surface area contributed by atoms with E-state index in [1.807, 2.05) is 0 Å². The van der Waals surface area contributed by atoms with Crippen molar-refractivity contribution in [2.75, 3.05) is 26.4 Å². The van der Waals surface area contributed by atoms with E-state index in [0.29, 0.717) is 11.5 Å². The molecule has 0 atom stereocenters. The summed E-state index contributed by atoms with van der Waals surface area (Å²) < 4.78 is 13.7. The van der Waals surface area contributed by atoms with E-state index in [-0.39, 0.29) is 26.4 Å². The first-order chi connectivity index (χ1) is 42.7. The second-order valence-corrected chi connectivity index (χ2v) is 23.1. The zero-order valence-corrected chi connectivity index (χ0v) is 48.8. The highest BCUT2D eigenvalue weighted by Crippen LogP contribution is 2.50. The average molecular weight is 1130 g/mol. The molecule has 0 aliphatic carbocycles. The van der Waals surface area contributed by atoms with Crippen LogP contribution in [0.15, 0.2) is 291 Å². The number of benzene rings is 14. The Morgan fingerprint density at radius 2 is 0.448 bits per heavy atom. The second-order valence-electron chi connectivity index (χ2n) is 23.1. The Labute approximate surface area is 508 Å². The third-order valence-electron chi connectivity index (χ3n) is 17.3. The first-order valence-corrected chi connectivity index (χ1v) is 30.0. The van der Waals surface area contributed by atoms with Gasteiger partial charge >= 0.3 is 0 Å². The Hall–Kier alpha value is -10.4. The highest BCUT2D eigenvalue weighted by atomic mass is 16.5. The Morgan fingerprint density at radius 1 is 0.241 bits per heavy atom. The molecule has 0 bridgehead atoms. The molecule has 420 valence electrons. The standard InChI is InChI=1S/C83H64O4/c1-83(2,75-51-77(71-35-31-63-43-59(23-27-67(63)47-71)55-15-7-3-8-16-55)81(86-41-39-84)78(52-75)72-36-32-64-44-60(24-28-68(64)48-72)56-17-9-4-10-18-56)76-53-79(73-37-33-65-45-61(25-29-69(65)49-73)57-19-11-5-12-20-57)82(87-42-40-85)80(54-76)74-38-34-66-46-62(26-30-70(66)50-74)58-21-13-6-14-22-58/h3-38,43-54,84-85H,39-42H2,1-2H3. The van der Waals surface area contributed by atoms with Crippen LogP contribution in [0.3, 0.4) is 0 Å². The van der Waals surface area contributed by atoms with E-state index in [4.69, 9.17) is 9.47 Å². The van der Waals surface area contributed by atoms with Crippen molar-refractivity contribution in [3.8, 4) is 101 Å². The zero-order chi connectivity index (χ0) is 58.8. The van der Waals surface area contributed by atoms with E-state index in [2.05, 4.69) is 305 Å². The summed E-state index contributed by atoms with van der Waals surface area (Å²) in [4.78, 5) is 0. The van der Waals surface area contributed by atoms with Gasteiger partial charge in [-0.1, -0.05) is 232 Å². The fraction of sp³-hybridized carbons (Fsp3) is 0.0843. The maximum atomic E-state index is 10.5. The minimum absolute atomic E-state index is 0.117. The summed E-state index contributed by atoms with van der Waals surface area (Å²) in [5, 5.41) is 30.0. The first kappa shape index (κ1) is 54.6. The highest BCUT2D eigenvalue weighted by molar-refractivity contribution is 5.98. The van der Waals surface area contributed by atoms with Crippen LogP contribution < -0.4 is 9.47 Å². The number of hydrogen-bond acceptors (Lipinski definition) is 4. The summed E-state index contributed by atoms with van der Waals surface area (Å²) >= 11 is 0. The number of aliphatic hydroxyl groups is 2. The van der Waals surface area contributed by atoms with E-state index >= 15 is 0 Å². The Balaban J connectivity index is 0.977. The lowest BCUT2D eigenvalue weighted by molar-refractivity contribution is 0.202. The van der Waals surface area contributed by atoms with Crippen molar-refractivity contribution in [1.82, 2.24) is 0 Å². The van der Waals surface area contributed by atoms with Gasteiger partial charge in [0, 0.05) is 27.7 Å². The second kappa shape index (κ2) is 23.6. The molecular formula is C83H64O4. The van der Waals surface area contributed by atoms with Crippen LogP contribution in [0.1, 0.15) is 25.0 Å². The molecular weight excluding hydrogens is 1060 g/mol. The summed E-state index contributed by atoms with van der Waals surface area (Å²) in [6, 6.07) is 105. The van der Waals surface area contributed by atoms with Crippen molar-refractivity contribution in [3.05, 3.63) is 302 Å². The summed E-state index contributed by atoms with van der Waals surface area (Å²) in [6.07, 6.45) is 0. The van der Waals surface area contributed by atoms with Gasteiger partial charge in [-0.15, -0.1) is 0 Å². The summed E-state index contributed by atoms with van der Waals surface area (Å²) in [5.41, 5.74) is 18.5. The lowest BCUT2D eigenvalue weighted by Crippen LogP contribution is -2.20. The van der Waals surface area contributed by atoms with Crippen molar-refractivity contribution in [1.29, 1.82) is 0 Å². The predicted octanol–water partition coefficient (Wildman–Crippen LogP) is 20.7. The topological polar surface area (TPSA) is 58.9 Å². The molecule has 0 fully saturated rings. The third-order valence-corrected chi connectivity index (χ3v) is 17.3. The van der Waals surface area contributed by atoms with Crippen molar-refractivity contribution in [2.45, 2.75) is 19.3 Å². The quantitative estimate of drug-likeness (QED) is 0.101. The van der Waals surface area contributed by atoms with Crippen molar-refractivity contribution >= 4 is 43.1 Å². The van der Waals surface area contributed by atoms with Crippen LogP contribution >= 0.6 is 0 Å². The van der Waals surface area contributed by atoms with Gasteiger partial charge in [0.05, 0.1) is 13.2 Å². The Morgan fingerprint density at radius 3 is 0.667 bits per heavy atom. The van der Waals surface area contributed by atoms with Crippen LogP contribution in [-0.4, -0.2) is 36.6 Å². The fourth-order valence-corrected chi connectivity index (χ4v) is 12.5. The molecule has 0 spiro atoms. The van der Waals surface area contributed by atoms with Crippen molar-refractivity contribution < 1.29 is 19.7 Å². The maximum absolute atomic E-state index is 10.5. The average Bonchev–Trinajstić information content (AvgIpc) is 1.11. The third kappa shape index (κ3) is 10.9. The molecule has 14 aromatic carbocycles.